The number of alkyl halides is 2. The van der Waals surface area contributed by atoms with Gasteiger partial charge in [0.25, 0.3) is 0 Å². The van der Waals surface area contributed by atoms with Crippen LogP contribution >= 0.6 is 31.9 Å². The summed E-state index contributed by atoms with van der Waals surface area (Å²) in [6, 6.07) is 0.221. The van der Waals surface area contributed by atoms with Gasteiger partial charge in [-0.25, -0.2) is 0 Å². The fourth-order valence-corrected chi connectivity index (χ4v) is 5.71. The van der Waals surface area contributed by atoms with E-state index in [0.717, 1.165) is 62.0 Å². The number of halogens is 2. The Labute approximate surface area is 227 Å². The number of carbonyl (C=O) groups excluding carboxylic acids is 2. The second kappa shape index (κ2) is 23.3. The molecule has 6 heteroatoms. The number of unbranched alkanes of at least 4 members (excludes halogenated alkanes) is 14. The molecule has 0 bridgehead atoms. The van der Waals surface area contributed by atoms with Crippen LogP contribution in [0.4, 0.5) is 0 Å². The van der Waals surface area contributed by atoms with E-state index < -0.39 is 0 Å². The molecule has 1 aliphatic rings. The van der Waals surface area contributed by atoms with Gasteiger partial charge >= 0.3 is 0 Å². The van der Waals surface area contributed by atoms with Crippen LogP contribution < -0.4 is 10.6 Å². The van der Waals surface area contributed by atoms with Crippen molar-refractivity contribution in [1.82, 2.24) is 10.6 Å². The highest BCUT2D eigenvalue weighted by atomic mass is 79.9. The van der Waals surface area contributed by atoms with Crippen LogP contribution in [0.1, 0.15) is 141 Å². The second-order valence-corrected chi connectivity index (χ2v) is 11.8. The van der Waals surface area contributed by atoms with E-state index in [1.165, 1.54) is 77.0 Å². The van der Waals surface area contributed by atoms with Crippen molar-refractivity contribution in [2.45, 2.75) is 153 Å². The van der Waals surface area contributed by atoms with Crippen molar-refractivity contribution in [2.75, 3.05) is 10.7 Å². The number of amides is 2. The molecule has 0 spiro atoms. The van der Waals surface area contributed by atoms with Gasteiger partial charge in [-0.2, -0.15) is 0 Å². The molecule has 0 heterocycles. The molecule has 200 valence electrons. The largest absolute Gasteiger partial charge is 0.351 e. The van der Waals surface area contributed by atoms with Gasteiger partial charge in [-0.3, -0.25) is 9.59 Å². The molecule has 1 rings (SSSR count). The Morgan fingerprint density at radius 2 is 0.794 bits per heavy atom. The van der Waals surface area contributed by atoms with Crippen molar-refractivity contribution in [2.24, 2.45) is 0 Å². The van der Waals surface area contributed by atoms with E-state index >= 15 is 0 Å². The number of hydrogen-bond donors (Lipinski definition) is 2. The summed E-state index contributed by atoms with van der Waals surface area (Å²) < 4.78 is 0. The zero-order chi connectivity index (χ0) is 24.7. The second-order valence-electron chi connectivity index (χ2n) is 10.2. The summed E-state index contributed by atoms with van der Waals surface area (Å²) in [5.41, 5.74) is 0. The van der Waals surface area contributed by atoms with Gasteiger partial charge in [0.1, 0.15) is 0 Å². The molecule has 2 amide bonds. The minimum atomic E-state index is 0.110. The number of carbonyl (C=O) groups is 2. The molecule has 0 radical (unpaired) electrons. The number of hydrogen-bond acceptors (Lipinski definition) is 2. The highest BCUT2D eigenvalue weighted by Crippen LogP contribution is 2.20. The van der Waals surface area contributed by atoms with Crippen molar-refractivity contribution in [1.29, 1.82) is 0 Å². The summed E-state index contributed by atoms with van der Waals surface area (Å²) in [6.07, 6.45) is 25.3. The minimum Gasteiger partial charge on any atom is -0.351 e. The average Bonchev–Trinajstić information content (AvgIpc) is 2.83. The summed E-state index contributed by atoms with van der Waals surface area (Å²) in [4.78, 5) is 24.9. The summed E-state index contributed by atoms with van der Waals surface area (Å²) in [7, 11) is 0. The number of nitrogens with one attached hydrogen (secondary N) is 2. The van der Waals surface area contributed by atoms with E-state index in [1.807, 2.05) is 0 Å². The first-order valence-electron chi connectivity index (χ1n) is 14.4. The van der Waals surface area contributed by atoms with E-state index in [4.69, 9.17) is 0 Å². The molecule has 0 saturated heterocycles. The summed E-state index contributed by atoms with van der Waals surface area (Å²) in [6.45, 7) is 0. The van der Waals surface area contributed by atoms with Crippen molar-refractivity contribution in [3.05, 3.63) is 0 Å². The lowest BCUT2D eigenvalue weighted by Crippen LogP contribution is -2.53. The van der Waals surface area contributed by atoms with E-state index in [9.17, 15) is 9.59 Å². The lowest BCUT2D eigenvalue weighted by molar-refractivity contribution is -0.125. The molecule has 34 heavy (non-hydrogen) atoms. The average molecular weight is 609 g/mol. The van der Waals surface area contributed by atoms with Crippen molar-refractivity contribution < 1.29 is 9.59 Å². The molecule has 2 atom stereocenters. The Morgan fingerprint density at radius 1 is 0.500 bits per heavy atom. The van der Waals surface area contributed by atoms with Crippen molar-refractivity contribution in [3.63, 3.8) is 0 Å². The predicted octanol–water partition coefficient (Wildman–Crippen LogP) is 8.34. The summed E-state index contributed by atoms with van der Waals surface area (Å²) in [5, 5.41) is 8.72. The first-order chi connectivity index (χ1) is 16.7. The lowest BCUT2D eigenvalue weighted by atomic mass is 9.90. The lowest BCUT2D eigenvalue weighted by Gasteiger charge is -2.33. The van der Waals surface area contributed by atoms with Crippen LogP contribution in [0.15, 0.2) is 0 Å². The van der Waals surface area contributed by atoms with E-state index in [-0.39, 0.29) is 23.9 Å². The molecule has 1 aliphatic carbocycles. The van der Waals surface area contributed by atoms with Gasteiger partial charge in [0.05, 0.1) is 0 Å². The third-order valence-corrected chi connectivity index (χ3v) is 8.16. The van der Waals surface area contributed by atoms with Gasteiger partial charge in [-0.1, -0.05) is 122 Å². The van der Waals surface area contributed by atoms with Gasteiger partial charge in [-0.15, -0.1) is 0 Å². The maximum absolute atomic E-state index is 12.5. The van der Waals surface area contributed by atoms with Crippen LogP contribution in [0.25, 0.3) is 0 Å². The third kappa shape index (κ3) is 18.2. The zero-order valence-corrected chi connectivity index (χ0v) is 24.9. The third-order valence-electron chi connectivity index (χ3n) is 7.03. The van der Waals surface area contributed by atoms with Gasteiger partial charge in [0.15, 0.2) is 0 Å². The smallest absolute Gasteiger partial charge is 0.220 e. The normalized spacial score (nSPS) is 18.1. The fourth-order valence-electron chi connectivity index (χ4n) is 4.92. The fraction of sp³-hybridized carbons (Fsp3) is 0.929. The van der Waals surface area contributed by atoms with E-state index in [0.29, 0.717) is 12.8 Å². The van der Waals surface area contributed by atoms with Crippen LogP contribution in [-0.4, -0.2) is 34.6 Å². The van der Waals surface area contributed by atoms with E-state index in [1.54, 1.807) is 0 Å². The monoisotopic (exact) mass is 606 g/mol. The molecule has 1 saturated carbocycles. The quantitative estimate of drug-likeness (QED) is 0.0959. The van der Waals surface area contributed by atoms with Gasteiger partial charge < -0.3 is 10.6 Å². The standard InChI is InChI=1S/C28H52Br2N2O2/c29-23-17-11-7-3-1-5-9-13-21-27(33)31-25-19-15-16-20-26(25)32-28(34)22-14-10-6-2-4-8-12-18-24-30/h25-26H,1-24H2,(H,31,33)(H,32,34)/t25-,26-/m0/s1. The Morgan fingerprint density at radius 3 is 1.12 bits per heavy atom. The van der Waals surface area contributed by atoms with Crippen LogP contribution in [0.3, 0.4) is 0 Å². The zero-order valence-electron chi connectivity index (χ0n) is 21.7. The molecule has 4 nitrogen and oxygen atoms in total. The summed E-state index contributed by atoms with van der Waals surface area (Å²) in [5.74, 6) is 0.333. The Bertz CT molecular complexity index is 461. The van der Waals surface area contributed by atoms with Crippen LogP contribution in [0.2, 0.25) is 0 Å². The number of rotatable bonds is 22. The van der Waals surface area contributed by atoms with Crippen LogP contribution in [-0.2, 0) is 9.59 Å². The molecule has 0 aromatic carbocycles. The Hall–Kier alpha value is -0.100. The first-order valence-corrected chi connectivity index (χ1v) is 16.6. The highest BCUT2D eigenvalue weighted by molar-refractivity contribution is 9.09. The molecule has 0 aromatic heterocycles. The van der Waals surface area contributed by atoms with Gasteiger partial charge in [0.2, 0.25) is 11.8 Å². The highest BCUT2D eigenvalue weighted by Gasteiger charge is 2.27. The molecule has 2 N–H and O–H groups in total. The molecular weight excluding hydrogens is 556 g/mol. The molecule has 1 fully saturated rings. The Balaban J connectivity index is 2.10. The van der Waals surface area contributed by atoms with Gasteiger partial charge in [0, 0.05) is 35.6 Å². The maximum atomic E-state index is 12.5. The molecular formula is C28H52Br2N2O2. The topological polar surface area (TPSA) is 58.2 Å². The van der Waals surface area contributed by atoms with E-state index in [2.05, 4.69) is 42.5 Å². The summed E-state index contributed by atoms with van der Waals surface area (Å²) >= 11 is 6.96. The SMILES string of the molecule is O=C(CCCCCCCCCCBr)N[C@H]1CCCC[C@@H]1NC(=O)CCCCCCCCCCBr. The Kier molecular flexibility index (Phi) is 21.9. The van der Waals surface area contributed by atoms with Crippen LogP contribution in [0.5, 0.6) is 0 Å². The maximum Gasteiger partial charge on any atom is 0.220 e. The minimum absolute atomic E-state index is 0.110. The molecule has 0 aliphatic heterocycles. The molecule has 0 aromatic rings. The molecule has 0 unspecified atom stereocenters. The van der Waals surface area contributed by atoms with Crippen molar-refractivity contribution in [3.8, 4) is 0 Å². The van der Waals surface area contributed by atoms with Crippen LogP contribution in [0, 0.1) is 0 Å². The van der Waals surface area contributed by atoms with Gasteiger partial charge in [-0.05, 0) is 38.5 Å². The predicted molar refractivity (Wildman–Crippen MR) is 153 cm³/mol. The first kappa shape index (κ1) is 31.9. The van der Waals surface area contributed by atoms with Crippen molar-refractivity contribution >= 4 is 43.7 Å².